The topological polar surface area (TPSA) is 58.1 Å². The first-order chi connectivity index (χ1) is 14.2. The summed E-state index contributed by atoms with van der Waals surface area (Å²) in [6.45, 7) is 1.80. The Bertz CT molecular complexity index is 971. The molecular weight excluding hydrogens is 367 g/mol. The van der Waals surface area contributed by atoms with E-state index in [1.165, 1.54) is 24.0 Å². The zero-order valence-electron chi connectivity index (χ0n) is 16.1. The van der Waals surface area contributed by atoms with Crippen molar-refractivity contribution in [3.8, 4) is 0 Å². The standard InChI is InChI=1S/C23H23FN4O/c24-19-7-4-8-20(14-19)27-23(29)21-15-22(26-16-25-21)28-11-9-18(10-12-28)13-17-5-2-1-3-6-17/h1-8,14-16,18H,9-13H2,(H,27,29). The Kier molecular flexibility index (Phi) is 5.79. The van der Waals surface area contributed by atoms with Crippen LogP contribution in [-0.2, 0) is 6.42 Å². The number of hydrogen-bond acceptors (Lipinski definition) is 4. The van der Waals surface area contributed by atoms with Gasteiger partial charge in [-0.05, 0) is 48.9 Å². The molecule has 1 aliphatic heterocycles. The van der Waals surface area contributed by atoms with Crippen LogP contribution in [0.15, 0.2) is 67.0 Å². The largest absolute Gasteiger partial charge is 0.356 e. The van der Waals surface area contributed by atoms with Crippen molar-refractivity contribution in [1.29, 1.82) is 0 Å². The summed E-state index contributed by atoms with van der Waals surface area (Å²) >= 11 is 0. The van der Waals surface area contributed by atoms with Gasteiger partial charge in [-0.25, -0.2) is 14.4 Å². The number of benzene rings is 2. The average molecular weight is 390 g/mol. The number of halogens is 1. The molecule has 1 amide bonds. The predicted molar refractivity (Wildman–Crippen MR) is 111 cm³/mol. The van der Waals surface area contributed by atoms with Gasteiger partial charge in [-0.3, -0.25) is 4.79 Å². The number of carbonyl (C=O) groups is 1. The van der Waals surface area contributed by atoms with E-state index in [1.54, 1.807) is 18.2 Å². The van der Waals surface area contributed by atoms with Gasteiger partial charge in [0.1, 0.15) is 23.7 Å². The monoisotopic (exact) mass is 390 g/mol. The lowest BCUT2D eigenvalue weighted by molar-refractivity contribution is 0.102. The molecule has 1 aliphatic rings. The molecule has 1 saturated heterocycles. The normalized spacial score (nSPS) is 14.6. The Morgan fingerprint density at radius 3 is 2.59 bits per heavy atom. The minimum Gasteiger partial charge on any atom is -0.356 e. The molecule has 0 unspecified atom stereocenters. The summed E-state index contributed by atoms with van der Waals surface area (Å²) in [6.07, 6.45) is 4.68. The maximum Gasteiger partial charge on any atom is 0.274 e. The summed E-state index contributed by atoms with van der Waals surface area (Å²) in [6, 6.07) is 18.1. The zero-order chi connectivity index (χ0) is 20.1. The van der Waals surface area contributed by atoms with E-state index in [0.29, 0.717) is 11.6 Å². The van der Waals surface area contributed by atoms with E-state index in [4.69, 9.17) is 0 Å². The van der Waals surface area contributed by atoms with Crippen LogP contribution in [0.25, 0.3) is 0 Å². The van der Waals surface area contributed by atoms with Crippen molar-refractivity contribution >= 4 is 17.4 Å². The summed E-state index contributed by atoms with van der Waals surface area (Å²) in [7, 11) is 0. The van der Waals surface area contributed by atoms with Crippen LogP contribution < -0.4 is 10.2 Å². The Labute approximate surface area is 169 Å². The predicted octanol–water partition coefficient (Wildman–Crippen LogP) is 4.33. The van der Waals surface area contributed by atoms with Crippen molar-refractivity contribution in [3.63, 3.8) is 0 Å². The van der Waals surface area contributed by atoms with Gasteiger partial charge in [0.15, 0.2) is 0 Å². The van der Waals surface area contributed by atoms with E-state index in [9.17, 15) is 9.18 Å². The van der Waals surface area contributed by atoms with Crippen molar-refractivity contribution < 1.29 is 9.18 Å². The van der Waals surface area contributed by atoms with E-state index in [2.05, 4.69) is 44.5 Å². The van der Waals surface area contributed by atoms with Crippen LogP contribution in [0.2, 0.25) is 0 Å². The molecule has 0 spiro atoms. The van der Waals surface area contributed by atoms with Gasteiger partial charge in [0.05, 0.1) is 0 Å². The third kappa shape index (κ3) is 4.96. The van der Waals surface area contributed by atoms with E-state index >= 15 is 0 Å². The van der Waals surface area contributed by atoms with E-state index in [0.717, 1.165) is 38.2 Å². The third-order valence-electron chi connectivity index (χ3n) is 5.27. The van der Waals surface area contributed by atoms with Crippen molar-refractivity contribution in [2.45, 2.75) is 19.3 Å². The average Bonchev–Trinajstić information content (AvgIpc) is 2.75. The summed E-state index contributed by atoms with van der Waals surface area (Å²) in [5.41, 5.74) is 2.05. The van der Waals surface area contributed by atoms with Crippen LogP contribution in [0.5, 0.6) is 0 Å². The van der Waals surface area contributed by atoms with Crippen LogP contribution in [0.3, 0.4) is 0 Å². The molecule has 0 atom stereocenters. The summed E-state index contributed by atoms with van der Waals surface area (Å²) < 4.78 is 13.3. The van der Waals surface area contributed by atoms with Gasteiger partial charge in [0.2, 0.25) is 0 Å². The molecule has 0 radical (unpaired) electrons. The first-order valence-electron chi connectivity index (χ1n) is 9.85. The van der Waals surface area contributed by atoms with Crippen molar-refractivity contribution in [2.75, 3.05) is 23.3 Å². The number of piperidine rings is 1. The summed E-state index contributed by atoms with van der Waals surface area (Å²) in [5, 5.41) is 2.68. The lowest BCUT2D eigenvalue weighted by Gasteiger charge is -2.33. The van der Waals surface area contributed by atoms with Crippen LogP contribution in [0.4, 0.5) is 15.9 Å². The quantitative estimate of drug-likeness (QED) is 0.705. The minimum absolute atomic E-state index is 0.269. The molecule has 3 aromatic rings. The molecular formula is C23H23FN4O. The smallest absolute Gasteiger partial charge is 0.274 e. The molecule has 0 aliphatic carbocycles. The molecule has 5 nitrogen and oxygen atoms in total. The fourth-order valence-electron chi connectivity index (χ4n) is 3.72. The number of nitrogens with zero attached hydrogens (tertiary/aromatic N) is 3. The maximum atomic E-state index is 13.3. The SMILES string of the molecule is O=C(Nc1cccc(F)c1)c1cc(N2CCC(Cc3ccccc3)CC2)ncn1. The number of carbonyl (C=O) groups excluding carboxylic acids is 1. The fourth-order valence-corrected chi connectivity index (χ4v) is 3.72. The fraction of sp³-hybridized carbons (Fsp3) is 0.261. The Balaban J connectivity index is 1.37. The molecule has 29 heavy (non-hydrogen) atoms. The molecule has 1 N–H and O–H groups in total. The highest BCUT2D eigenvalue weighted by Crippen LogP contribution is 2.25. The molecule has 1 aromatic heterocycles. The highest BCUT2D eigenvalue weighted by molar-refractivity contribution is 6.03. The highest BCUT2D eigenvalue weighted by Gasteiger charge is 2.21. The number of aromatic nitrogens is 2. The molecule has 6 heteroatoms. The van der Waals surface area contributed by atoms with Crippen LogP contribution in [-0.4, -0.2) is 29.0 Å². The number of anilines is 2. The molecule has 4 rings (SSSR count). The molecule has 0 bridgehead atoms. The van der Waals surface area contributed by atoms with Gasteiger partial charge in [0, 0.05) is 24.8 Å². The van der Waals surface area contributed by atoms with Gasteiger partial charge in [-0.1, -0.05) is 36.4 Å². The van der Waals surface area contributed by atoms with Crippen LogP contribution in [0, 0.1) is 11.7 Å². The first kappa shape index (κ1) is 19.1. The number of hydrogen-bond donors (Lipinski definition) is 1. The Morgan fingerprint density at radius 1 is 1.03 bits per heavy atom. The lowest BCUT2D eigenvalue weighted by Crippen LogP contribution is -2.35. The van der Waals surface area contributed by atoms with E-state index in [-0.39, 0.29) is 11.6 Å². The zero-order valence-corrected chi connectivity index (χ0v) is 16.1. The molecule has 2 aromatic carbocycles. The second-order valence-corrected chi connectivity index (χ2v) is 7.35. The molecule has 0 saturated carbocycles. The lowest BCUT2D eigenvalue weighted by atomic mass is 9.90. The first-order valence-corrected chi connectivity index (χ1v) is 9.85. The molecule has 1 fully saturated rings. The van der Waals surface area contributed by atoms with Crippen LogP contribution >= 0.6 is 0 Å². The Morgan fingerprint density at radius 2 is 1.83 bits per heavy atom. The third-order valence-corrected chi connectivity index (χ3v) is 5.27. The van der Waals surface area contributed by atoms with Gasteiger partial charge < -0.3 is 10.2 Å². The summed E-state index contributed by atoms with van der Waals surface area (Å²) in [4.78, 5) is 23.1. The maximum absolute atomic E-state index is 13.3. The van der Waals surface area contributed by atoms with Gasteiger partial charge in [-0.15, -0.1) is 0 Å². The molecule has 148 valence electrons. The van der Waals surface area contributed by atoms with Gasteiger partial charge in [-0.2, -0.15) is 0 Å². The van der Waals surface area contributed by atoms with E-state index < -0.39 is 5.82 Å². The second-order valence-electron chi connectivity index (χ2n) is 7.35. The number of rotatable bonds is 5. The van der Waals surface area contributed by atoms with Crippen molar-refractivity contribution in [1.82, 2.24) is 9.97 Å². The minimum atomic E-state index is -0.399. The van der Waals surface area contributed by atoms with Crippen molar-refractivity contribution in [2.24, 2.45) is 5.92 Å². The number of nitrogens with one attached hydrogen (secondary N) is 1. The highest BCUT2D eigenvalue weighted by atomic mass is 19.1. The van der Waals surface area contributed by atoms with Gasteiger partial charge >= 0.3 is 0 Å². The molecule has 2 heterocycles. The second kappa shape index (κ2) is 8.82. The Hall–Kier alpha value is -3.28. The van der Waals surface area contributed by atoms with E-state index in [1.807, 2.05) is 6.07 Å². The summed E-state index contributed by atoms with van der Waals surface area (Å²) in [5.74, 6) is 0.636. The van der Waals surface area contributed by atoms with Gasteiger partial charge in [0.25, 0.3) is 5.91 Å². The number of amides is 1. The van der Waals surface area contributed by atoms with Crippen LogP contribution in [0.1, 0.15) is 28.9 Å². The van der Waals surface area contributed by atoms with Crippen molar-refractivity contribution in [3.05, 3.63) is 84.1 Å².